The van der Waals surface area contributed by atoms with Crippen molar-refractivity contribution in [3.8, 4) is 0 Å². The zero-order valence-corrected chi connectivity index (χ0v) is 10.3. The first-order valence-electron chi connectivity index (χ1n) is 3.95. The van der Waals surface area contributed by atoms with Gasteiger partial charge >= 0.3 is 0 Å². The highest BCUT2D eigenvalue weighted by Gasteiger charge is 2.08. The molecule has 0 radical (unpaired) electrons. The van der Waals surface area contributed by atoms with Crippen LogP contribution in [0.1, 0.15) is 6.92 Å². The van der Waals surface area contributed by atoms with Crippen LogP contribution in [0.3, 0.4) is 0 Å². The van der Waals surface area contributed by atoms with Crippen LogP contribution in [0.15, 0.2) is 12.2 Å². The number of rotatable bonds is 3. The highest BCUT2D eigenvalue weighted by molar-refractivity contribution is 5.85. The highest BCUT2D eigenvalue weighted by atomic mass is 35.5. The molecule has 0 heterocycles. The van der Waals surface area contributed by atoms with Crippen molar-refractivity contribution >= 4 is 24.3 Å². The standard InChI is InChI=1S/C7H13NO2.C2H4O2.ClH/c1-6(7(9)10)5-8(2,3)4;1-2(3)4;/h1,5H2,2-4H3;1H3,(H,3,4);1H. The quantitative estimate of drug-likeness (QED) is 0.533. The largest absolute Gasteiger partial charge is 0.545 e. The van der Waals surface area contributed by atoms with Gasteiger partial charge in [-0.15, -0.1) is 12.4 Å². The van der Waals surface area contributed by atoms with Crippen molar-refractivity contribution in [2.75, 3.05) is 27.7 Å². The smallest absolute Gasteiger partial charge is 0.300 e. The van der Waals surface area contributed by atoms with Gasteiger partial charge in [0.2, 0.25) is 0 Å². The zero-order chi connectivity index (χ0) is 11.9. The normalized spacial score (nSPS) is 9.07. The molecule has 0 aliphatic carbocycles. The number of carboxylic acids is 2. The van der Waals surface area contributed by atoms with Gasteiger partial charge in [0, 0.05) is 12.5 Å². The number of hydrogen-bond donors (Lipinski definition) is 1. The fourth-order valence-corrected chi connectivity index (χ4v) is 0.637. The van der Waals surface area contributed by atoms with E-state index in [1.54, 1.807) is 0 Å². The van der Waals surface area contributed by atoms with Crippen molar-refractivity contribution in [1.29, 1.82) is 0 Å². The van der Waals surface area contributed by atoms with E-state index in [1.807, 2.05) is 21.1 Å². The van der Waals surface area contributed by atoms with E-state index in [0.717, 1.165) is 6.92 Å². The van der Waals surface area contributed by atoms with E-state index in [-0.39, 0.29) is 18.0 Å². The van der Waals surface area contributed by atoms with Gasteiger partial charge in [0.1, 0.15) is 6.54 Å². The first-order valence-corrected chi connectivity index (χ1v) is 3.95. The minimum atomic E-state index is -1.16. The summed E-state index contributed by atoms with van der Waals surface area (Å²) in [4.78, 5) is 19.2. The summed E-state index contributed by atoms with van der Waals surface area (Å²) in [5.41, 5.74) is 0.146. The van der Waals surface area contributed by atoms with Crippen LogP contribution in [0.5, 0.6) is 0 Å². The molecule has 0 bridgehead atoms. The van der Waals surface area contributed by atoms with Crippen molar-refractivity contribution in [3.63, 3.8) is 0 Å². The number of carboxylic acid groups (broad SMARTS) is 2. The summed E-state index contributed by atoms with van der Waals surface area (Å²) in [6.07, 6.45) is 0. The van der Waals surface area contributed by atoms with E-state index in [0.29, 0.717) is 11.0 Å². The predicted molar refractivity (Wildman–Crippen MR) is 57.6 cm³/mol. The van der Waals surface area contributed by atoms with Gasteiger partial charge in [-0.25, -0.2) is 0 Å². The number of carbonyl (C=O) groups is 2. The third-order valence-electron chi connectivity index (χ3n) is 0.954. The molecule has 0 aromatic heterocycles. The minimum Gasteiger partial charge on any atom is -0.545 e. The lowest BCUT2D eigenvalue weighted by molar-refractivity contribution is -0.865. The van der Waals surface area contributed by atoms with Crippen LogP contribution in [0, 0.1) is 0 Å². The van der Waals surface area contributed by atoms with Gasteiger partial charge in [-0.1, -0.05) is 6.58 Å². The number of nitrogens with zero attached hydrogens (tertiary/aromatic N) is 1. The summed E-state index contributed by atoms with van der Waals surface area (Å²) in [5.74, 6) is -1.99. The van der Waals surface area contributed by atoms with Gasteiger partial charge in [0.25, 0.3) is 5.97 Å². The molecule has 0 amide bonds. The van der Waals surface area contributed by atoms with Crippen LogP contribution in [-0.4, -0.2) is 49.2 Å². The lowest BCUT2D eigenvalue weighted by Crippen LogP contribution is -2.40. The molecule has 0 saturated carbocycles. The predicted octanol–water partition coefficient (Wildman–Crippen LogP) is -0.489. The summed E-state index contributed by atoms with van der Waals surface area (Å²) in [5, 5.41) is 17.6. The highest BCUT2D eigenvalue weighted by Crippen LogP contribution is 1.96. The van der Waals surface area contributed by atoms with Crippen molar-refractivity contribution in [2.45, 2.75) is 6.92 Å². The molecule has 0 aliphatic rings. The Kier molecular flexibility index (Phi) is 10.7. The second-order valence-corrected chi connectivity index (χ2v) is 3.86. The van der Waals surface area contributed by atoms with Gasteiger partial charge in [0.15, 0.2) is 0 Å². The SMILES string of the molecule is C=C(C[N+](C)(C)C)C(=O)[O-].CC(=O)O.Cl. The Balaban J connectivity index is -0.000000249. The average Bonchev–Trinajstić information content (AvgIpc) is 1.81. The van der Waals surface area contributed by atoms with E-state index < -0.39 is 11.9 Å². The fourth-order valence-electron chi connectivity index (χ4n) is 0.637. The number of halogens is 1. The topological polar surface area (TPSA) is 77.4 Å². The lowest BCUT2D eigenvalue weighted by Gasteiger charge is -2.25. The Hall–Kier alpha value is -1.07. The number of quaternary nitrogens is 1. The molecule has 0 atom stereocenters. The molecular formula is C9H18ClNO4. The summed E-state index contributed by atoms with van der Waals surface area (Å²) >= 11 is 0. The molecule has 90 valence electrons. The maximum Gasteiger partial charge on any atom is 0.300 e. The minimum absolute atomic E-state index is 0. The summed E-state index contributed by atoms with van der Waals surface area (Å²) in [7, 11) is 5.69. The van der Waals surface area contributed by atoms with E-state index in [1.165, 1.54) is 0 Å². The Bertz CT molecular complexity index is 229. The van der Waals surface area contributed by atoms with Gasteiger partial charge in [-0.3, -0.25) is 4.79 Å². The Morgan fingerprint density at radius 2 is 1.60 bits per heavy atom. The molecule has 0 spiro atoms. The van der Waals surface area contributed by atoms with E-state index in [9.17, 15) is 9.90 Å². The second-order valence-electron chi connectivity index (χ2n) is 3.86. The molecule has 0 saturated heterocycles. The maximum atomic E-state index is 10.2. The molecule has 15 heavy (non-hydrogen) atoms. The lowest BCUT2D eigenvalue weighted by atomic mass is 10.3. The van der Waals surface area contributed by atoms with Crippen LogP contribution in [0.2, 0.25) is 0 Å². The Morgan fingerprint density at radius 1 is 1.33 bits per heavy atom. The van der Waals surface area contributed by atoms with Crippen LogP contribution in [0.25, 0.3) is 0 Å². The van der Waals surface area contributed by atoms with E-state index in [4.69, 9.17) is 9.90 Å². The van der Waals surface area contributed by atoms with Gasteiger partial charge in [-0.2, -0.15) is 0 Å². The fraction of sp³-hybridized carbons (Fsp3) is 0.556. The van der Waals surface area contributed by atoms with Crippen LogP contribution in [0.4, 0.5) is 0 Å². The van der Waals surface area contributed by atoms with Crippen molar-refractivity contribution in [3.05, 3.63) is 12.2 Å². The van der Waals surface area contributed by atoms with Gasteiger partial charge < -0.3 is 19.5 Å². The average molecular weight is 240 g/mol. The van der Waals surface area contributed by atoms with E-state index in [2.05, 4.69) is 6.58 Å². The van der Waals surface area contributed by atoms with Crippen molar-refractivity contribution in [1.82, 2.24) is 0 Å². The summed E-state index contributed by atoms with van der Waals surface area (Å²) in [6, 6.07) is 0. The molecule has 1 N–H and O–H groups in total. The Labute approximate surface area is 96.0 Å². The first kappa shape index (κ1) is 19.5. The van der Waals surface area contributed by atoms with Crippen LogP contribution >= 0.6 is 12.4 Å². The molecule has 0 aromatic rings. The molecule has 0 unspecified atom stereocenters. The molecule has 0 rings (SSSR count). The number of likely N-dealkylation sites (N-methyl/N-ethyl adjacent to an activating group) is 1. The monoisotopic (exact) mass is 239 g/mol. The van der Waals surface area contributed by atoms with Crippen molar-refractivity contribution < 1.29 is 24.3 Å². The molecule has 0 fully saturated rings. The maximum absolute atomic E-state index is 10.2. The van der Waals surface area contributed by atoms with Gasteiger partial charge in [-0.05, 0) is 0 Å². The molecule has 0 aromatic carbocycles. The van der Waals surface area contributed by atoms with E-state index >= 15 is 0 Å². The van der Waals surface area contributed by atoms with Crippen LogP contribution < -0.4 is 5.11 Å². The third kappa shape index (κ3) is 24.6. The summed E-state index contributed by atoms with van der Waals surface area (Å²) in [6.45, 7) is 4.86. The van der Waals surface area contributed by atoms with Crippen molar-refractivity contribution in [2.24, 2.45) is 0 Å². The molecule has 6 heteroatoms. The third-order valence-corrected chi connectivity index (χ3v) is 0.954. The zero-order valence-electron chi connectivity index (χ0n) is 9.44. The first-order chi connectivity index (χ1) is 6.06. The number of hydrogen-bond acceptors (Lipinski definition) is 3. The number of carbonyl (C=O) groups excluding carboxylic acids is 1. The molecule has 5 nitrogen and oxygen atoms in total. The number of aliphatic carboxylic acids is 2. The molecule has 0 aliphatic heterocycles. The van der Waals surface area contributed by atoms with Crippen LogP contribution in [-0.2, 0) is 9.59 Å². The second kappa shape index (κ2) is 8.26. The Morgan fingerprint density at radius 3 is 1.67 bits per heavy atom. The van der Waals surface area contributed by atoms with Gasteiger partial charge in [0.05, 0.1) is 27.1 Å². The summed E-state index contributed by atoms with van der Waals surface area (Å²) < 4.78 is 0.562. The molecular weight excluding hydrogens is 222 g/mol.